The number of halogens is 1. The van der Waals surface area contributed by atoms with Gasteiger partial charge in [-0.2, -0.15) is 0 Å². The average molecular weight is 520 g/mol. The van der Waals surface area contributed by atoms with Crippen molar-refractivity contribution in [1.29, 1.82) is 0 Å². The fraction of sp³-hybridized carbons (Fsp3) is 0.300. The molecule has 0 atom stereocenters. The van der Waals surface area contributed by atoms with Crippen LogP contribution < -0.4 is 9.47 Å². The number of ketones is 1. The lowest BCUT2D eigenvalue weighted by atomic mass is 9.97. The number of carbonyl (C=O) groups excluding carboxylic acids is 1. The van der Waals surface area contributed by atoms with E-state index >= 15 is 0 Å². The van der Waals surface area contributed by atoms with Gasteiger partial charge in [-0.05, 0) is 106 Å². The summed E-state index contributed by atoms with van der Waals surface area (Å²) >= 11 is 1.25. The Kier molecular flexibility index (Phi) is 7.44. The zero-order valence-electron chi connectivity index (χ0n) is 21.1. The van der Waals surface area contributed by atoms with Gasteiger partial charge >= 0.3 is 0 Å². The SMILES string of the molecule is Cc1cc(F)cc(C)c1C(=O)c1sc2cc(O)ccc2c1Oc1ccc(OCCN2CCCCC2)cc1. The van der Waals surface area contributed by atoms with Crippen molar-refractivity contribution in [2.24, 2.45) is 0 Å². The topological polar surface area (TPSA) is 59.0 Å². The van der Waals surface area contributed by atoms with E-state index in [4.69, 9.17) is 9.47 Å². The normalized spacial score (nSPS) is 14.1. The van der Waals surface area contributed by atoms with Crippen molar-refractivity contribution in [3.8, 4) is 23.0 Å². The zero-order chi connectivity index (χ0) is 25.9. The first-order valence-electron chi connectivity index (χ1n) is 12.6. The van der Waals surface area contributed by atoms with Gasteiger partial charge in [-0.3, -0.25) is 9.69 Å². The molecule has 5 rings (SSSR count). The number of nitrogens with zero attached hydrogens (tertiary/aromatic N) is 1. The van der Waals surface area contributed by atoms with Gasteiger partial charge in [0.15, 0.2) is 5.75 Å². The molecule has 2 heterocycles. The monoisotopic (exact) mass is 519 g/mol. The molecule has 5 nitrogen and oxygen atoms in total. The molecule has 4 aromatic rings. The Balaban J connectivity index is 1.39. The Labute approximate surface area is 220 Å². The van der Waals surface area contributed by atoms with Crippen LogP contribution in [0, 0.1) is 19.7 Å². The van der Waals surface area contributed by atoms with E-state index in [1.54, 1.807) is 32.0 Å². The van der Waals surface area contributed by atoms with Crippen LogP contribution in [-0.2, 0) is 0 Å². The third-order valence-electron chi connectivity index (χ3n) is 6.73. The Hall–Kier alpha value is -3.42. The molecule has 1 aromatic heterocycles. The molecule has 0 amide bonds. The molecule has 37 heavy (non-hydrogen) atoms. The van der Waals surface area contributed by atoms with Gasteiger partial charge in [-0.15, -0.1) is 11.3 Å². The van der Waals surface area contributed by atoms with Crippen LogP contribution in [0.3, 0.4) is 0 Å². The van der Waals surface area contributed by atoms with E-state index in [0.717, 1.165) is 35.5 Å². The van der Waals surface area contributed by atoms with E-state index in [2.05, 4.69) is 4.90 Å². The molecule has 0 saturated carbocycles. The summed E-state index contributed by atoms with van der Waals surface area (Å²) in [5.41, 5.74) is 1.60. The third-order valence-corrected chi connectivity index (χ3v) is 7.86. The number of thiophene rings is 1. The highest BCUT2D eigenvalue weighted by molar-refractivity contribution is 7.21. The first-order chi connectivity index (χ1) is 17.9. The number of hydrogen-bond acceptors (Lipinski definition) is 6. The smallest absolute Gasteiger partial charge is 0.207 e. The van der Waals surface area contributed by atoms with Crippen LogP contribution in [0.25, 0.3) is 10.1 Å². The van der Waals surface area contributed by atoms with Crippen LogP contribution in [0.4, 0.5) is 4.39 Å². The largest absolute Gasteiger partial charge is 0.508 e. The second-order valence-electron chi connectivity index (χ2n) is 9.51. The Morgan fingerprint density at radius 3 is 2.35 bits per heavy atom. The van der Waals surface area contributed by atoms with Crippen LogP contribution >= 0.6 is 11.3 Å². The number of ether oxygens (including phenoxy) is 2. The van der Waals surface area contributed by atoms with Crippen LogP contribution in [0.1, 0.15) is 45.6 Å². The van der Waals surface area contributed by atoms with Crippen LogP contribution in [-0.4, -0.2) is 42.0 Å². The van der Waals surface area contributed by atoms with Crippen molar-refractivity contribution in [2.45, 2.75) is 33.1 Å². The van der Waals surface area contributed by atoms with Crippen LogP contribution in [0.2, 0.25) is 0 Å². The molecule has 192 valence electrons. The van der Waals surface area contributed by atoms with Gasteiger partial charge in [0.1, 0.15) is 34.5 Å². The van der Waals surface area contributed by atoms with Crippen molar-refractivity contribution < 1.29 is 23.8 Å². The molecule has 1 aliphatic heterocycles. The van der Waals surface area contributed by atoms with Gasteiger partial charge in [0, 0.05) is 22.2 Å². The highest BCUT2D eigenvalue weighted by Crippen LogP contribution is 2.43. The number of hydrogen-bond donors (Lipinski definition) is 1. The second-order valence-corrected chi connectivity index (χ2v) is 10.6. The molecule has 1 saturated heterocycles. The van der Waals surface area contributed by atoms with E-state index < -0.39 is 0 Å². The summed E-state index contributed by atoms with van der Waals surface area (Å²) in [6, 6.07) is 15.0. The number of benzene rings is 3. The maximum absolute atomic E-state index is 13.9. The molecule has 1 fully saturated rings. The summed E-state index contributed by atoms with van der Waals surface area (Å²) in [5.74, 6) is 1.26. The minimum Gasteiger partial charge on any atom is -0.508 e. The number of phenols is 1. The van der Waals surface area contributed by atoms with Gasteiger partial charge in [0.2, 0.25) is 5.78 Å². The van der Waals surface area contributed by atoms with Crippen LogP contribution in [0.15, 0.2) is 54.6 Å². The average Bonchev–Trinajstić information content (AvgIpc) is 3.22. The van der Waals surface area contributed by atoms with Gasteiger partial charge in [-0.1, -0.05) is 6.42 Å². The molecular formula is C30H30FNO4S. The van der Waals surface area contributed by atoms with Crippen molar-refractivity contribution in [1.82, 2.24) is 4.90 Å². The van der Waals surface area contributed by atoms with Gasteiger partial charge < -0.3 is 14.6 Å². The quantitative estimate of drug-likeness (QED) is 0.249. The summed E-state index contributed by atoms with van der Waals surface area (Å²) in [4.78, 5) is 16.5. The minimum atomic E-state index is -0.373. The van der Waals surface area contributed by atoms with Crippen molar-refractivity contribution in [3.63, 3.8) is 0 Å². The van der Waals surface area contributed by atoms with E-state index in [9.17, 15) is 14.3 Å². The van der Waals surface area contributed by atoms with Crippen LogP contribution in [0.5, 0.6) is 23.0 Å². The Morgan fingerprint density at radius 2 is 1.65 bits per heavy atom. The first kappa shape index (κ1) is 25.2. The molecule has 0 bridgehead atoms. The molecule has 7 heteroatoms. The first-order valence-corrected chi connectivity index (χ1v) is 13.4. The summed E-state index contributed by atoms with van der Waals surface area (Å²) < 4.78 is 26.8. The molecule has 3 aromatic carbocycles. The lowest BCUT2D eigenvalue weighted by Gasteiger charge is -2.26. The number of aromatic hydroxyl groups is 1. The summed E-state index contributed by atoms with van der Waals surface area (Å²) in [6.45, 7) is 7.29. The number of likely N-dealkylation sites (tertiary alicyclic amines) is 1. The highest BCUT2D eigenvalue weighted by atomic mass is 32.1. The molecular weight excluding hydrogens is 489 g/mol. The molecule has 1 aliphatic rings. The second kappa shape index (κ2) is 10.9. The third kappa shape index (κ3) is 5.63. The standard InChI is InChI=1S/C30H30FNO4S/c1-19-16-21(31)17-20(2)27(19)28(34)30-29(25-11-6-22(33)18-26(25)37-30)36-24-9-7-23(8-10-24)35-15-14-32-12-4-3-5-13-32/h6-11,16-18,33H,3-5,12-15H2,1-2H3. The fourth-order valence-electron chi connectivity index (χ4n) is 4.89. The summed E-state index contributed by atoms with van der Waals surface area (Å²) in [5, 5.41) is 10.7. The maximum atomic E-state index is 13.9. The number of rotatable bonds is 8. The highest BCUT2D eigenvalue weighted by Gasteiger charge is 2.25. The van der Waals surface area contributed by atoms with Crippen molar-refractivity contribution in [3.05, 3.63) is 82.0 Å². The molecule has 0 radical (unpaired) electrons. The lowest BCUT2D eigenvalue weighted by Crippen LogP contribution is -2.33. The number of aryl methyl sites for hydroxylation is 2. The van der Waals surface area contributed by atoms with Gasteiger partial charge in [0.25, 0.3) is 0 Å². The van der Waals surface area contributed by atoms with Gasteiger partial charge in [0.05, 0.1) is 0 Å². The molecule has 1 N–H and O–H groups in total. The Bertz CT molecular complexity index is 1400. The number of phenolic OH excluding ortho intramolecular Hbond substituents is 1. The molecule has 0 aliphatic carbocycles. The number of carbonyl (C=O) groups is 1. The van der Waals surface area contributed by atoms with E-state index in [-0.39, 0.29) is 17.3 Å². The maximum Gasteiger partial charge on any atom is 0.207 e. The lowest BCUT2D eigenvalue weighted by molar-refractivity contribution is 0.103. The number of fused-ring (bicyclic) bond motifs is 1. The van der Waals surface area contributed by atoms with Crippen molar-refractivity contribution in [2.75, 3.05) is 26.2 Å². The fourth-order valence-corrected chi connectivity index (χ4v) is 6.00. The zero-order valence-corrected chi connectivity index (χ0v) is 21.9. The molecule has 0 spiro atoms. The van der Waals surface area contributed by atoms with Crippen molar-refractivity contribution >= 4 is 27.2 Å². The van der Waals surface area contributed by atoms with E-state index in [1.807, 2.05) is 24.3 Å². The van der Waals surface area contributed by atoms with E-state index in [0.29, 0.717) is 39.7 Å². The minimum absolute atomic E-state index is 0.111. The Morgan fingerprint density at radius 1 is 0.973 bits per heavy atom. The predicted molar refractivity (Wildman–Crippen MR) is 145 cm³/mol. The summed E-state index contributed by atoms with van der Waals surface area (Å²) in [7, 11) is 0. The summed E-state index contributed by atoms with van der Waals surface area (Å²) in [6.07, 6.45) is 3.83. The molecule has 0 unspecified atom stereocenters. The number of piperidine rings is 1. The van der Waals surface area contributed by atoms with E-state index in [1.165, 1.54) is 42.7 Å². The van der Waals surface area contributed by atoms with Gasteiger partial charge in [-0.25, -0.2) is 4.39 Å². The predicted octanol–water partition coefficient (Wildman–Crippen LogP) is 7.25.